The van der Waals surface area contributed by atoms with Crippen LogP contribution in [-0.4, -0.2) is 18.5 Å². The fourth-order valence-electron chi connectivity index (χ4n) is 3.54. The molecule has 3 nitrogen and oxygen atoms in total. The lowest BCUT2D eigenvalue weighted by Crippen LogP contribution is -2.46. The first-order valence-corrected chi connectivity index (χ1v) is 7.84. The standard InChI is InChI=1S/C17H24N2O/c1-12-6-2-5-9-16(12)19-17(20)15-11-18-10-13-7-3-4-8-14(13)15/h3-4,7-8,12,15-16,18H,2,5-6,9-11H2,1H3,(H,19,20). The van der Waals surface area contributed by atoms with Gasteiger partial charge >= 0.3 is 0 Å². The molecule has 1 aromatic carbocycles. The van der Waals surface area contributed by atoms with Crippen molar-refractivity contribution in [2.24, 2.45) is 5.92 Å². The Morgan fingerprint density at radius 1 is 1.25 bits per heavy atom. The maximum Gasteiger partial charge on any atom is 0.229 e. The van der Waals surface area contributed by atoms with E-state index < -0.39 is 0 Å². The third-order valence-electron chi connectivity index (χ3n) is 4.85. The van der Waals surface area contributed by atoms with Gasteiger partial charge in [-0.1, -0.05) is 44.0 Å². The molecule has 0 spiro atoms. The van der Waals surface area contributed by atoms with E-state index in [1.165, 1.54) is 30.4 Å². The number of fused-ring (bicyclic) bond motifs is 1. The molecule has 1 aromatic rings. The molecule has 1 amide bonds. The quantitative estimate of drug-likeness (QED) is 0.869. The van der Waals surface area contributed by atoms with Crippen molar-refractivity contribution in [2.45, 2.75) is 51.1 Å². The smallest absolute Gasteiger partial charge is 0.229 e. The molecular formula is C17H24N2O. The van der Waals surface area contributed by atoms with Crippen LogP contribution in [0.3, 0.4) is 0 Å². The molecule has 3 atom stereocenters. The molecule has 1 heterocycles. The van der Waals surface area contributed by atoms with E-state index in [0.29, 0.717) is 12.0 Å². The van der Waals surface area contributed by atoms with Crippen molar-refractivity contribution >= 4 is 5.91 Å². The first kappa shape index (κ1) is 13.6. The van der Waals surface area contributed by atoms with E-state index in [9.17, 15) is 4.79 Å². The average molecular weight is 272 g/mol. The number of carbonyl (C=O) groups excluding carboxylic acids is 1. The number of hydrogen-bond acceptors (Lipinski definition) is 2. The van der Waals surface area contributed by atoms with E-state index in [0.717, 1.165) is 19.5 Å². The zero-order valence-corrected chi connectivity index (χ0v) is 12.2. The van der Waals surface area contributed by atoms with Crippen molar-refractivity contribution < 1.29 is 4.79 Å². The summed E-state index contributed by atoms with van der Waals surface area (Å²) in [6.07, 6.45) is 4.93. The zero-order chi connectivity index (χ0) is 13.9. The molecule has 0 radical (unpaired) electrons. The molecule has 20 heavy (non-hydrogen) atoms. The largest absolute Gasteiger partial charge is 0.353 e. The van der Waals surface area contributed by atoms with Crippen LogP contribution in [0, 0.1) is 5.92 Å². The SMILES string of the molecule is CC1CCCCC1NC(=O)C1CNCc2ccccc21. The Labute approximate surface area is 121 Å². The second-order valence-electron chi connectivity index (χ2n) is 6.26. The Balaban J connectivity index is 1.72. The van der Waals surface area contributed by atoms with Gasteiger partial charge in [0.1, 0.15) is 0 Å². The topological polar surface area (TPSA) is 41.1 Å². The van der Waals surface area contributed by atoms with Crippen LogP contribution in [0.15, 0.2) is 24.3 Å². The van der Waals surface area contributed by atoms with Gasteiger partial charge in [-0.25, -0.2) is 0 Å². The molecule has 0 saturated heterocycles. The number of rotatable bonds is 2. The van der Waals surface area contributed by atoms with Gasteiger partial charge in [0.2, 0.25) is 5.91 Å². The maximum atomic E-state index is 12.6. The summed E-state index contributed by atoms with van der Waals surface area (Å²) in [5.41, 5.74) is 2.46. The zero-order valence-electron chi connectivity index (χ0n) is 12.2. The van der Waals surface area contributed by atoms with Gasteiger partial charge in [-0.3, -0.25) is 4.79 Å². The van der Waals surface area contributed by atoms with Gasteiger partial charge in [-0.2, -0.15) is 0 Å². The van der Waals surface area contributed by atoms with Gasteiger partial charge < -0.3 is 10.6 Å². The summed E-state index contributed by atoms with van der Waals surface area (Å²) in [6, 6.07) is 8.67. The van der Waals surface area contributed by atoms with Crippen LogP contribution in [0.4, 0.5) is 0 Å². The minimum atomic E-state index is -0.0333. The van der Waals surface area contributed by atoms with Crippen molar-refractivity contribution in [3.8, 4) is 0 Å². The molecule has 3 heteroatoms. The fraction of sp³-hybridized carbons (Fsp3) is 0.588. The highest BCUT2D eigenvalue weighted by Gasteiger charge is 2.29. The van der Waals surface area contributed by atoms with Crippen LogP contribution in [0.1, 0.15) is 49.7 Å². The molecule has 0 aromatic heterocycles. The fourth-order valence-corrected chi connectivity index (χ4v) is 3.54. The van der Waals surface area contributed by atoms with Gasteiger partial charge in [0.25, 0.3) is 0 Å². The average Bonchev–Trinajstić information content (AvgIpc) is 2.49. The molecule has 108 valence electrons. The summed E-state index contributed by atoms with van der Waals surface area (Å²) < 4.78 is 0. The number of amides is 1. The molecule has 1 aliphatic carbocycles. The monoisotopic (exact) mass is 272 g/mol. The van der Waals surface area contributed by atoms with Crippen molar-refractivity contribution in [1.29, 1.82) is 0 Å². The van der Waals surface area contributed by atoms with Crippen LogP contribution in [0.5, 0.6) is 0 Å². The predicted octanol–water partition coefficient (Wildman–Crippen LogP) is 2.57. The maximum absolute atomic E-state index is 12.6. The molecule has 3 rings (SSSR count). The highest BCUT2D eigenvalue weighted by Crippen LogP contribution is 2.27. The molecule has 2 N–H and O–H groups in total. The van der Waals surface area contributed by atoms with Gasteiger partial charge in [-0.15, -0.1) is 0 Å². The van der Waals surface area contributed by atoms with E-state index in [1.54, 1.807) is 0 Å². The normalized spacial score (nSPS) is 29.6. The Morgan fingerprint density at radius 3 is 2.90 bits per heavy atom. The minimum absolute atomic E-state index is 0.0333. The van der Waals surface area contributed by atoms with Gasteiger partial charge in [-0.05, 0) is 29.9 Å². The molecule has 1 fully saturated rings. The van der Waals surface area contributed by atoms with E-state index >= 15 is 0 Å². The van der Waals surface area contributed by atoms with Crippen LogP contribution in [0.25, 0.3) is 0 Å². The summed E-state index contributed by atoms with van der Waals surface area (Å²) in [6.45, 7) is 3.89. The number of benzene rings is 1. The van der Waals surface area contributed by atoms with Gasteiger partial charge in [0, 0.05) is 19.1 Å². The highest BCUT2D eigenvalue weighted by atomic mass is 16.2. The lowest BCUT2D eigenvalue weighted by Gasteiger charge is -2.32. The third-order valence-corrected chi connectivity index (χ3v) is 4.85. The first-order valence-electron chi connectivity index (χ1n) is 7.84. The summed E-state index contributed by atoms with van der Waals surface area (Å²) in [5, 5.41) is 6.66. The van der Waals surface area contributed by atoms with E-state index in [4.69, 9.17) is 0 Å². The number of nitrogens with one attached hydrogen (secondary N) is 2. The van der Waals surface area contributed by atoms with Crippen molar-refractivity contribution in [3.63, 3.8) is 0 Å². The molecular weight excluding hydrogens is 248 g/mol. The highest BCUT2D eigenvalue weighted by molar-refractivity contribution is 5.85. The van der Waals surface area contributed by atoms with E-state index in [2.05, 4.69) is 29.7 Å². The van der Waals surface area contributed by atoms with Crippen LogP contribution in [0.2, 0.25) is 0 Å². The van der Waals surface area contributed by atoms with Gasteiger partial charge in [0.15, 0.2) is 0 Å². The van der Waals surface area contributed by atoms with Gasteiger partial charge in [0.05, 0.1) is 5.92 Å². The van der Waals surface area contributed by atoms with Crippen LogP contribution < -0.4 is 10.6 Å². The summed E-state index contributed by atoms with van der Waals surface area (Å²) in [5.74, 6) is 0.775. The van der Waals surface area contributed by atoms with Crippen LogP contribution in [-0.2, 0) is 11.3 Å². The van der Waals surface area contributed by atoms with Crippen molar-refractivity contribution in [3.05, 3.63) is 35.4 Å². The second kappa shape index (κ2) is 5.96. The summed E-state index contributed by atoms with van der Waals surface area (Å²) >= 11 is 0. The molecule has 1 aliphatic heterocycles. The lowest BCUT2D eigenvalue weighted by atomic mass is 9.84. The van der Waals surface area contributed by atoms with E-state index in [-0.39, 0.29) is 11.8 Å². The molecule has 1 saturated carbocycles. The second-order valence-corrected chi connectivity index (χ2v) is 6.26. The molecule has 0 bridgehead atoms. The van der Waals surface area contributed by atoms with Crippen LogP contribution >= 0.6 is 0 Å². The number of hydrogen-bond donors (Lipinski definition) is 2. The number of carbonyl (C=O) groups is 1. The Hall–Kier alpha value is -1.35. The Morgan fingerprint density at radius 2 is 2.05 bits per heavy atom. The Kier molecular flexibility index (Phi) is 4.06. The summed E-state index contributed by atoms with van der Waals surface area (Å²) in [4.78, 5) is 12.6. The van der Waals surface area contributed by atoms with Crippen molar-refractivity contribution in [2.75, 3.05) is 6.54 Å². The molecule has 2 aliphatic rings. The van der Waals surface area contributed by atoms with Crippen molar-refractivity contribution in [1.82, 2.24) is 10.6 Å². The van der Waals surface area contributed by atoms with E-state index in [1.807, 2.05) is 12.1 Å². The minimum Gasteiger partial charge on any atom is -0.353 e. The predicted molar refractivity (Wildman–Crippen MR) is 80.5 cm³/mol. The summed E-state index contributed by atoms with van der Waals surface area (Å²) in [7, 11) is 0. The Bertz CT molecular complexity index is 486. The molecule has 3 unspecified atom stereocenters. The first-order chi connectivity index (χ1) is 9.75. The third kappa shape index (κ3) is 2.73. The lowest BCUT2D eigenvalue weighted by molar-refractivity contribution is -0.123.